The second kappa shape index (κ2) is 8.32. The van der Waals surface area contributed by atoms with E-state index in [1.54, 1.807) is 0 Å². The molecule has 1 aromatic rings. The van der Waals surface area contributed by atoms with Gasteiger partial charge in [-0.2, -0.15) is 0 Å². The van der Waals surface area contributed by atoms with Crippen LogP contribution in [0.2, 0.25) is 0 Å². The molecule has 0 spiro atoms. The standard InChI is InChI=1S/C20H28N2O2/c23-19(12-6-9-16-7-2-1-3-8-16)21-18-13-14-22(15-18)20(24)17-10-4-5-11-17/h1-3,7-8,17-18H,4-6,9-15H2,(H,21,23). The number of likely N-dealkylation sites (tertiary alicyclic amines) is 1. The average molecular weight is 328 g/mol. The van der Waals surface area contributed by atoms with Crippen LogP contribution in [-0.2, 0) is 16.0 Å². The van der Waals surface area contributed by atoms with Crippen molar-refractivity contribution in [2.75, 3.05) is 13.1 Å². The minimum atomic E-state index is 0.117. The number of amides is 2. The predicted molar refractivity (Wildman–Crippen MR) is 94.5 cm³/mol. The first-order valence-corrected chi connectivity index (χ1v) is 9.34. The van der Waals surface area contributed by atoms with E-state index < -0.39 is 0 Å². The first kappa shape index (κ1) is 17.0. The fourth-order valence-electron chi connectivity index (χ4n) is 3.91. The number of nitrogens with zero attached hydrogens (tertiary/aromatic N) is 1. The smallest absolute Gasteiger partial charge is 0.225 e. The Kier molecular flexibility index (Phi) is 5.89. The summed E-state index contributed by atoms with van der Waals surface area (Å²) in [6, 6.07) is 10.4. The molecular weight excluding hydrogens is 300 g/mol. The van der Waals surface area contributed by atoms with Crippen LogP contribution in [0.5, 0.6) is 0 Å². The highest BCUT2D eigenvalue weighted by Crippen LogP contribution is 2.27. The normalized spacial score (nSPS) is 21.2. The highest BCUT2D eigenvalue weighted by molar-refractivity contribution is 5.80. The fourth-order valence-corrected chi connectivity index (χ4v) is 3.91. The summed E-state index contributed by atoms with van der Waals surface area (Å²) in [7, 11) is 0. The summed E-state index contributed by atoms with van der Waals surface area (Å²) in [6.45, 7) is 1.49. The maximum absolute atomic E-state index is 12.4. The maximum Gasteiger partial charge on any atom is 0.225 e. The van der Waals surface area contributed by atoms with Gasteiger partial charge in [0, 0.05) is 31.5 Å². The second-order valence-corrected chi connectivity index (χ2v) is 7.16. The summed E-state index contributed by atoms with van der Waals surface area (Å²) in [4.78, 5) is 26.5. The summed E-state index contributed by atoms with van der Waals surface area (Å²) in [5, 5.41) is 3.11. The van der Waals surface area contributed by atoms with Crippen molar-refractivity contribution >= 4 is 11.8 Å². The van der Waals surface area contributed by atoms with Crippen molar-refractivity contribution in [2.45, 2.75) is 57.4 Å². The van der Waals surface area contributed by atoms with Gasteiger partial charge in [0.05, 0.1) is 0 Å². The predicted octanol–water partition coefficient (Wildman–Crippen LogP) is 2.92. The topological polar surface area (TPSA) is 49.4 Å². The number of carbonyl (C=O) groups excluding carboxylic acids is 2. The van der Waals surface area contributed by atoms with E-state index >= 15 is 0 Å². The van der Waals surface area contributed by atoms with Crippen molar-refractivity contribution < 1.29 is 9.59 Å². The van der Waals surface area contributed by atoms with Crippen LogP contribution in [0.15, 0.2) is 30.3 Å². The third kappa shape index (κ3) is 4.59. The molecule has 1 N–H and O–H groups in total. The van der Waals surface area contributed by atoms with Crippen LogP contribution >= 0.6 is 0 Å². The Bertz CT molecular complexity index is 552. The number of hydrogen-bond donors (Lipinski definition) is 1. The summed E-state index contributed by atoms with van der Waals surface area (Å²) in [5.41, 5.74) is 1.28. The molecule has 1 unspecified atom stereocenters. The van der Waals surface area contributed by atoms with Crippen LogP contribution in [0.4, 0.5) is 0 Å². The molecule has 0 bridgehead atoms. The molecule has 0 radical (unpaired) electrons. The van der Waals surface area contributed by atoms with Crippen LogP contribution in [-0.4, -0.2) is 35.8 Å². The molecule has 2 fully saturated rings. The highest BCUT2D eigenvalue weighted by atomic mass is 16.2. The van der Waals surface area contributed by atoms with Crippen molar-refractivity contribution in [2.24, 2.45) is 5.92 Å². The molecule has 0 aromatic heterocycles. The van der Waals surface area contributed by atoms with Crippen LogP contribution in [0.3, 0.4) is 0 Å². The largest absolute Gasteiger partial charge is 0.352 e. The van der Waals surface area contributed by atoms with E-state index in [0.717, 1.165) is 38.6 Å². The van der Waals surface area contributed by atoms with Gasteiger partial charge in [-0.15, -0.1) is 0 Å². The molecule has 1 aliphatic carbocycles. The number of rotatable bonds is 6. The van der Waals surface area contributed by atoms with Gasteiger partial charge in [-0.1, -0.05) is 43.2 Å². The molecule has 1 saturated carbocycles. The molecule has 2 aliphatic rings. The van der Waals surface area contributed by atoms with Gasteiger partial charge >= 0.3 is 0 Å². The fraction of sp³-hybridized carbons (Fsp3) is 0.600. The Balaban J connectivity index is 1.35. The Hall–Kier alpha value is -1.84. The molecule has 3 rings (SSSR count). The molecule has 24 heavy (non-hydrogen) atoms. The van der Waals surface area contributed by atoms with Crippen molar-refractivity contribution in [3.63, 3.8) is 0 Å². The van der Waals surface area contributed by atoms with E-state index in [0.29, 0.717) is 18.9 Å². The van der Waals surface area contributed by atoms with E-state index in [9.17, 15) is 9.59 Å². The Labute approximate surface area is 144 Å². The third-order valence-electron chi connectivity index (χ3n) is 5.28. The van der Waals surface area contributed by atoms with Gasteiger partial charge < -0.3 is 10.2 Å². The lowest BCUT2D eigenvalue weighted by molar-refractivity contribution is -0.134. The van der Waals surface area contributed by atoms with Crippen molar-refractivity contribution in [1.29, 1.82) is 0 Å². The number of aryl methyl sites for hydroxylation is 1. The molecule has 1 saturated heterocycles. The lowest BCUT2D eigenvalue weighted by Gasteiger charge is -2.20. The molecule has 4 nitrogen and oxygen atoms in total. The van der Waals surface area contributed by atoms with Gasteiger partial charge in [-0.25, -0.2) is 0 Å². The van der Waals surface area contributed by atoms with Crippen LogP contribution in [0, 0.1) is 5.92 Å². The molecule has 130 valence electrons. The van der Waals surface area contributed by atoms with E-state index in [1.165, 1.54) is 18.4 Å². The number of hydrogen-bond acceptors (Lipinski definition) is 2. The number of carbonyl (C=O) groups is 2. The van der Waals surface area contributed by atoms with Gasteiger partial charge in [0.25, 0.3) is 0 Å². The van der Waals surface area contributed by atoms with E-state index in [2.05, 4.69) is 17.4 Å². The van der Waals surface area contributed by atoms with Crippen molar-refractivity contribution in [1.82, 2.24) is 10.2 Å². The second-order valence-electron chi connectivity index (χ2n) is 7.16. The SMILES string of the molecule is O=C(CCCc1ccccc1)NC1CCN(C(=O)C2CCCC2)C1. The van der Waals surface area contributed by atoms with Gasteiger partial charge in [0.2, 0.25) is 11.8 Å². The molecule has 1 aromatic carbocycles. The number of nitrogens with one attached hydrogen (secondary N) is 1. The van der Waals surface area contributed by atoms with E-state index in [4.69, 9.17) is 0 Å². The quantitative estimate of drug-likeness (QED) is 0.873. The zero-order chi connectivity index (χ0) is 16.8. The monoisotopic (exact) mass is 328 g/mol. The van der Waals surface area contributed by atoms with Gasteiger partial charge in [-0.3, -0.25) is 9.59 Å². The van der Waals surface area contributed by atoms with Gasteiger partial charge in [0.15, 0.2) is 0 Å². The van der Waals surface area contributed by atoms with E-state index in [1.807, 2.05) is 23.1 Å². The highest BCUT2D eigenvalue weighted by Gasteiger charge is 2.32. The summed E-state index contributed by atoms with van der Waals surface area (Å²) < 4.78 is 0. The third-order valence-corrected chi connectivity index (χ3v) is 5.28. The van der Waals surface area contributed by atoms with Crippen molar-refractivity contribution in [3.8, 4) is 0 Å². The Morgan fingerprint density at radius 3 is 2.58 bits per heavy atom. The molecule has 2 amide bonds. The molecule has 1 aliphatic heterocycles. The Morgan fingerprint density at radius 1 is 1.08 bits per heavy atom. The van der Waals surface area contributed by atoms with E-state index in [-0.39, 0.29) is 17.9 Å². The molecular formula is C20H28N2O2. The summed E-state index contributed by atoms with van der Waals surface area (Å²) in [5.74, 6) is 0.671. The molecule has 4 heteroatoms. The summed E-state index contributed by atoms with van der Waals surface area (Å²) >= 11 is 0. The van der Waals surface area contributed by atoms with Crippen LogP contribution < -0.4 is 5.32 Å². The minimum Gasteiger partial charge on any atom is -0.352 e. The first-order chi connectivity index (χ1) is 11.7. The van der Waals surface area contributed by atoms with Crippen molar-refractivity contribution in [3.05, 3.63) is 35.9 Å². The first-order valence-electron chi connectivity index (χ1n) is 9.34. The lowest BCUT2D eigenvalue weighted by atomic mass is 10.1. The summed E-state index contributed by atoms with van der Waals surface area (Å²) in [6.07, 6.45) is 7.72. The molecule has 1 heterocycles. The Morgan fingerprint density at radius 2 is 1.83 bits per heavy atom. The van der Waals surface area contributed by atoms with Gasteiger partial charge in [-0.05, 0) is 37.7 Å². The zero-order valence-corrected chi connectivity index (χ0v) is 14.4. The lowest BCUT2D eigenvalue weighted by Crippen LogP contribution is -2.39. The minimum absolute atomic E-state index is 0.117. The molecule has 1 atom stereocenters. The maximum atomic E-state index is 12.4. The van der Waals surface area contributed by atoms with Crippen LogP contribution in [0.25, 0.3) is 0 Å². The number of benzene rings is 1. The zero-order valence-electron chi connectivity index (χ0n) is 14.4. The van der Waals surface area contributed by atoms with Crippen LogP contribution in [0.1, 0.15) is 50.5 Å². The van der Waals surface area contributed by atoms with Gasteiger partial charge in [0.1, 0.15) is 0 Å². The average Bonchev–Trinajstić information content (AvgIpc) is 3.27.